The Morgan fingerprint density at radius 1 is 0.917 bits per heavy atom. The summed E-state index contributed by atoms with van der Waals surface area (Å²) in [5.74, 6) is -5.53. The Labute approximate surface area is 276 Å². The van der Waals surface area contributed by atoms with Crippen molar-refractivity contribution < 1.29 is 42.3 Å². The van der Waals surface area contributed by atoms with Crippen LogP contribution in [0.5, 0.6) is 0 Å². The molecule has 0 spiro atoms. The smallest absolute Gasteiger partial charge is 0.382 e. The summed E-state index contributed by atoms with van der Waals surface area (Å²) >= 11 is 0. The molecule has 14 heteroatoms. The van der Waals surface area contributed by atoms with E-state index in [1.165, 1.54) is 6.92 Å². The maximum Gasteiger partial charge on any atom is 0.416 e. The number of aliphatic hydroxyl groups excluding tert-OH is 1. The Bertz CT molecular complexity index is 1510. The average molecular weight is 674 g/mol. The number of aliphatic hydroxyl groups is 1. The van der Waals surface area contributed by atoms with Gasteiger partial charge in [0.2, 0.25) is 23.4 Å². The SMILES string of the molecule is CC(C)[C@H](CC(=O)c1cccc(C2(C)N=N2)c1)C(=O)N[C@@H](Cc1ccccc1)C(=O)C[C@@H](C)C(=O)NC(CCC(N)=O)C(O)C(F)(F)F. The second-order valence-electron chi connectivity index (χ2n) is 12.7. The minimum Gasteiger partial charge on any atom is -0.382 e. The summed E-state index contributed by atoms with van der Waals surface area (Å²) in [7, 11) is 0. The van der Waals surface area contributed by atoms with Crippen LogP contribution in [0.1, 0.15) is 74.9 Å². The van der Waals surface area contributed by atoms with Gasteiger partial charge in [-0.1, -0.05) is 69.3 Å². The normalized spacial score (nSPS) is 16.7. The van der Waals surface area contributed by atoms with Crippen LogP contribution in [0.3, 0.4) is 0 Å². The quantitative estimate of drug-likeness (QED) is 0.172. The number of nitrogens with zero attached hydrogens (tertiary/aromatic N) is 2. The second kappa shape index (κ2) is 16.1. The molecule has 0 fully saturated rings. The number of nitrogens with two attached hydrogens (primary N) is 1. The highest BCUT2D eigenvalue weighted by atomic mass is 19.4. The van der Waals surface area contributed by atoms with Gasteiger partial charge in [-0.2, -0.15) is 23.4 Å². The molecule has 11 nitrogen and oxygen atoms in total. The predicted octanol–water partition coefficient (Wildman–Crippen LogP) is 4.17. The summed E-state index contributed by atoms with van der Waals surface area (Å²) in [5, 5.41) is 22.6. The number of primary amides is 1. The van der Waals surface area contributed by atoms with Crippen LogP contribution in [-0.2, 0) is 31.3 Å². The fraction of sp³-hybridized carbons (Fsp3) is 0.500. The van der Waals surface area contributed by atoms with E-state index in [2.05, 4.69) is 20.9 Å². The van der Waals surface area contributed by atoms with E-state index in [-0.39, 0.29) is 24.5 Å². The first-order valence-electron chi connectivity index (χ1n) is 15.7. The summed E-state index contributed by atoms with van der Waals surface area (Å²) in [6.45, 7) is 6.69. The molecule has 48 heavy (non-hydrogen) atoms. The monoisotopic (exact) mass is 673 g/mol. The molecule has 0 saturated heterocycles. The number of halogens is 3. The zero-order chi connectivity index (χ0) is 35.8. The lowest BCUT2D eigenvalue weighted by Crippen LogP contribution is -2.52. The summed E-state index contributed by atoms with van der Waals surface area (Å²) in [5.41, 5.74) is 6.20. The summed E-state index contributed by atoms with van der Waals surface area (Å²) in [4.78, 5) is 64.6. The highest BCUT2D eigenvalue weighted by Crippen LogP contribution is 2.39. The van der Waals surface area contributed by atoms with Gasteiger partial charge >= 0.3 is 6.18 Å². The fourth-order valence-electron chi connectivity index (χ4n) is 5.20. The second-order valence-corrected chi connectivity index (χ2v) is 12.7. The lowest BCUT2D eigenvalue weighted by molar-refractivity contribution is -0.213. The van der Waals surface area contributed by atoms with Crippen molar-refractivity contribution in [1.29, 1.82) is 0 Å². The molecule has 2 aromatic carbocycles. The Kier molecular flexibility index (Phi) is 12.7. The van der Waals surface area contributed by atoms with E-state index in [1.807, 2.05) is 13.0 Å². The molecule has 1 heterocycles. The van der Waals surface area contributed by atoms with Gasteiger partial charge in [0.15, 0.2) is 17.7 Å². The van der Waals surface area contributed by atoms with Crippen molar-refractivity contribution in [2.75, 3.05) is 0 Å². The van der Waals surface area contributed by atoms with E-state index in [4.69, 9.17) is 5.73 Å². The number of benzene rings is 2. The Morgan fingerprint density at radius 2 is 1.56 bits per heavy atom. The van der Waals surface area contributed by atoms with Gasteiger partial charge in [0.05, 0.1) is 12.1 Å². The summed E-state index contributed by atoms with van der Waals surface area (Å²) in [6.07, 6.45) is -9.68. The van der Waals surface area contributed by atoms with E-state index in [0.29, 0.717) is 11.1 Å². The maximum atomic E-state index is 13.7. The van der Waals surface area contributed by atoms with Crippen LogP contribution >= 0.6 is 0 Å². The molecule has 3 rings (SSSR count). The average Bonchev–Trinajstić information content (AvgIpc) is 3.78. The molecule has 0 aromatic heterocycles. The molecule has 0 bridgehead atoms. The van der Waals surface area contributed by atoms with Crippen LogP contribution in [0.4, 0.5) is 13.2 Å². The van der Waals surface area contributed by atoms with Crippen LogP contribution in [0.15, 0.2) is 64.8 Å². The Morgan fingerprint density at radius 3 is 2.12 bits per heavy atom. The van der Waals surface area contributed by atoms with Crippen LogP contribution in [0, 0.1) is 17.8 Å². The van der Waals surface area contributed by atoms with Crippen LogP contribution in [0.2, 0.25) is 0 Å². The number of carbonyl (C=O) groups is 5. The molecular weight excluding hydrogens is 631 g/mol. The number of nitrogens with one attached hydrogen (secondary N) is 2. The summed E-state index contributed by atoms with van der Waals surface area (Å²) < 4.78 is 39.7. The Hall–Kier alpha value is -4.46. The molecule has 1 aliphatic rings. The van der Waals surface area contributed by atoms with Crippen molar-refractivity contribution in [3.63, 3.8) is 0 Å². The van der Waals surface area contributed by atoms with Crippen molar-refractivity contribution in [3.05, 3.63) is 71.3 Å². The largest absolute Gasteiger partial charge is 0.416 e. The third kappa shape index (κ3) is 10.8. The summed E-state index contributed by atoms with van der Waals surface area (Å²) in [6, 6.07) is 12.6. The number of amides is 3. The third-order valence-corrected chi connectivity index (χ3v) is 8.37. The number of Topliss-reactive ketones (excluding diaryl/α,β-unsaturated/α-hetero) is 2. The maximum absolute atomic E-state index is 13.7. The lowest BCUT2D eigenvalue weighted by atomic mass is 9.86. The molecule has 2 aromatic rings. The van der Waals surface area contributed by atoms with E-state index >= 15 is 0 Å². The molecule has 260 valence electrons. The van der Waals surface area contributed by atoms with Crippen LogP contribution < -0.4 is 16.4 Å². The number of carbonyl (C=O) groups excluding carboxylic acids is 5. The van der Waals surface area contributed by atoms with Crippen molar-refractivity contribution in [3.8, 4) is 0 Å². The molecule has 2 unspecified atom stereocenters. The van der Waals surface area contributed by atoms with E-state index in [1.54, 1.807) is 62.4 Å². The first-order chi connectivity index (χ1) is 22.4. The predicted molar refractivity (Wildman–Crippen MR) is 169 cm³/mol. The van der Waals surface area contributed by atoms with Crippen molar-refractivity contribution in [2.24, 2.45) is 33.7 Å². The topological polar surface area (TPSA) is 180 Å². The first kappa shape index (κ1) is 38.0. The standard InChI is InChI=1S/C34H42F3N5O6/c1-19(2)24(18-27(43)22-11-8-12-23(17-22)33(4)41-42-33)32(48)40-26(16-21-9-6-5-7-10-21)28(44)15-20(3)31(47)39-25(13-14-29(38)45)30(46)34(35,36)37/h5-12,17,19-20,24-26,30,46H,13-16,18H2,1-4H3,(H2,38,45)(H,39,47)(H,40,48)/t20-,24+,25?,26+,30?/m1/s1. The number of hydrogen-bond acceptors (Lipinski definition) is 8. The lowest BCUT2D eigenvalue weighted by Gasteiger charge is -2.27. The van der Waals surface area contributed by atoms with Crippen molar-refractivity contribution in [1.82, 2.24) is 10.6 Å². The van der Waals surface area contributed by atoms with Gasteiger partial charge in [0.1, 0.15) is 0 Å². The molecule has 5 N–H and O–H groups in total. The molecular formula is C34H42F3N5O6. The van der Waals surface area contributed by atoms with Gasteiger partial charge in [-0.25, -0.2) is 0 Å². The molecule has 5 atom stereocenters. The van der Waals surface area contributed by atoms with E-state index in [0.717, 1.165) is 5.56 Å². The van der Waals surface area contributed by atoms with E-state index < -0.39 is 84.6 Å². The van der Waals surface area contributed by atoms with E-state index in [9.17, 15) is 42.3 Å². The van der Waals surface area contributed by atoms with Gasteiger partial charge in [-0.05, 0) is 37.3 Å². The molecule has 3 amide bonds. The molecule has 0 saturated carbocycles. The highest BCUT2D eigenvalue weighted by Gasteiger charge is 2.44. The van der Waals surface area contributed by atoms with Crippen LogP contribution in [0.25, 0.3) is 0 Å². The molecule has 1 aliphatic heterocycles. The van der Waals surface area contributed by atoms with Gasteiger partial charge in [0.25, 0.3) is 0 Å². The van der Waals surface area contributed by atoms with Gasteiger partial charge < -0.3 is 21.5 Å². The van der Waals surface area contributed by atoms with Gasteiger partial charge in [-0.3, -0.25) is 24.0 Å². The minimum atomic E-state index is -5.09. The number of ketones is 2. The van der Waals surface area contributed by atoms with Crippen molar-refractivity contribution in [2.45, 2.75) is 89.8 Å². The third-order valence-electron chi connectivity index (χ3n) is 8.37. The van der Waals surface area contributed by atoms with Gasteiger partial charge in [0, 0.05) is 42.2 Å². The van der Waals surface area contributed by atoms with Gasteiger partial charge in [-0.15, -0.1) is 0 Å². The molecule has 0 aliphatic carbocycles. The number of hydrogen-bond donors (Lipinski definition) is 4. The van der Waals surface area contributed by atoms with Crippen LogP contribution in [-0.4, -0.2) is 58.8 Å². The minimum absolute atomic E-state index is 0.0557. The zero-order valence-corrected chi connectivity index (χ0v) is 27.3. The van der Waals surface area contributed by atoms with Crippen molar-refractivity contribution >= 4 is 29.3 Å². The zero-order valence-electron chi connectivity index (χ0n) is 27.3. The molecule has 0 radical (unpaired) electrons. The fourth-order valence-corrected chi connectivity index (χ4v) is 5.20. The number of rotatable bonds is 18. The number of alkyl halides is 3. The highest BCUT2D eigenvalue weighted by molar-refractivity contribution is 5.99. The first-order valence-corrected chi connectivity index (χ1v) is 15.7. The Balaban J connectivity index is 1.75.